The summed E-state index contributed by atoms with van der Waals surface area (Å²) >= 11 is 0. The number of aldehydes is 1. The number of hydrogen-bond donors (Lipinski definition) is 1. The van der Waals surface area contributed by atoms with E-state index in [-0.39, 0.29) is 50.7 Å². The molecule has 2 aromatic carbocycles. The van der Waals surface area contributed by atoms with Crippen LogP contribution in [0.3, 0.4) is 0 Å². The molecule has 0 fully saturated rings. The van der Waals surface area contributed by atoms with E-state index in [2.05, 4.69) is 32.1 Å². The predicted molar refractivity (Wildman–Crippen MR) is 203 cm³/mol. The summed E-state index contributed by atoms with van der Waals surface area (Å²) < 4.78 is 43.9. The molecule has 0 saturated carbocycles. The van der Waals surface area contributed by atoms with Crippen molar-refractivity contribution in [3.8, 4) is 11.5 Å². The predicted octanol–water partition coefficient (Wildman–Crippen LogP) is 6.45. The number of hydrogen-bond acceptors (Lipinski definition) is 12. The first-order valence-corrected chi connectivity index (χ1v) is 18.5. The third-order valence-electron chi connectivity index (χ3n) is 9.52. The maximum absolute atomic E-state index is 12.9. The van der Waals surface area contributed by atoms with E-state index in [9.17, 15) is 19.5 Å². The number of ether oxygens (including phenoxy) is 8. The number of allylic oxidation sites excluding steroid dienone is 4. The van der Waals surface area contributed by atoms with Crippen LogP contribution in [-0.2, 0) is 46.1 Å². The molecule has 12 nitrogen and oxygen atoms in total. The first-order chi connectivity index (χ1) is 26.2. The molecule has 6 atom stereocenters. The Morgan fingerprint density at radius 2 is 1.17 bits per heavy atom. The van der Waals surface area contributed by atoms with Gasteiger partial charge in [0, 0.05) is 46.5 Å². The lowest BCUT2D eigenvalue weighted by molar-refractivity contribution is -0.114. The Morgan fingerprint density at radius 3 is 1.59 bits per heavy atom. The highest BCUT2D eigenvalue weighted by Gasteiger charge is 2.29. The molecule has 0 aromatic heterocycles. The zero-order valence-corrected chi connectivity index (χ0v) is 32.5. The summed E-state index contributed by atoms with van der Waals surface area (Å²) in [4.78, 5) is 36.9. The molecule has 2 aromatic rings. The average Bonchev–Trinajstić information content (AvgIpc) is 3.17. The first-order valence-electron chi connectivity index (χ1n) is 18.5. The lowest BCUT2D eigenvalue weighted by atomic mass is 9.93. The number of benzene rings is 2. The second-order valence-electron chi connectivity index (χ2n) is 13.4. The van der Waals surface area contributed by atoms with Crippen LogP contribution in [0.15, 0.2) is 60.7 Å². The molecule has 0 spiro atoms. The molecule has 12 heteroatoms. The van der Waals surface area contributed by atoms with Gasteiger partial charge in [-0.05, 0) is 60.8 Å². The molecule has 0 radical (unpaired) electrons. The second kappa shape index (κ2) is 24.4. The van der Waals surface area contributed by atoms with Gasteiger partial charge < -0.3 is 47.8 Å². The number of cyclic esters (lactones) is 2. The molecule has 4 rings (SSSR count). The summed E-state index contributed by atoms with van der Waals surface area (Å²) in [5, 5.41) is 9.42. The van der Waals surface area contributed by atoms with Gasteiger partial charge in [-0.1, -0.05) is 62.4 Å². The summed E-state index contributed by atoms with van der Waals surface area (Å²) in [5.41, 5.74) is 2.54. The summed E-state index contributed by atoms with van der Waals surface area (Å²) in [6, 6.07) is 11.0. The van der Waals surface area contributed by atoms with E-state index in [0.717, 1.165) is 30.3 Å². The molecule has 0 aliphatic carbocycles. The highest BCUT2D eigenvalue weighted by atomic mass is 16.7. The van der Waals surface area contributed by atoms with Gasteiger partial charge in [0.1, 0.15) is 54.7 Å². The molecule has 2 heterocycles. The number of carbonyl (C=O) groups excluding carboxylic acids is 3. The Morgan fingerprint density at radius 1 is 0.704 bits per heavy atom. The van der Waals surface area contributed by atoms with Gasteiger partial charge in [-0.15, -0.1) is 0 Å². The van der Waals surface area contributed by atoms with Crippen molar-refractivity contribution < 1.29 is 57.4 Å². The Bertz CT molecular complexity index is 1500. The fourth-order valence-electron chi connectivity index (χ4n) is 6.49. The number of methoxy groups -OCH3 is 4. The fraction of sp³-hybridized carbons (Fsp3) is 0.548. The SMILES string of the molecule is COCO[C@@H]1C[C@H](CC=O)OC(=O)c2c(cccc2OC)C/C=C/C[C@@H]1C.COCO[C@@H]1C[C@H](CCO)OC(=O)c2c(cccc2OC)C/C=C/C[C@@H]1C. The Labute approximate surface area is 319 Å². The van der Waals surface area contributed by atoms with Crippen molar-refractivity contribution in [2.45, 2.75) is 89.6 Å². The van der Waals surface area contributed by atoms with Crippen molar-refractivity contribution in [1.82, 2.24) is 0 Å². The Hall–Kier alpha value is -4.07. The quantitative estimate of drug-likeness (QED) is 0.110. The van der Waals surface area contributed by atoms with Crippen LogP contribution < -0.4 is 9.47 Å². The molecular weight excluding hydrogens is 696 g/mol. The van der Waals surface area contributed by atoms with Gasteiger partial charge in [0.25, 0.3) is 0 Å². The maximum Gasteiger partial charge on any atom is 0.342 e. The van der Waals surface area contributed by atoms with Gasteiger partial charge in [0.05, 0.1) is 26.4 Å². The van der Waals surface area contributed by atoms with Crippen LogP contribution in [-0.4, -0.2) is 96.4 Å². The Kier molecular flexibility index (Phi) is 20.0. The molecule has 2 aliphatic rings. The number of aliphatic hydroxyl groups is 1. The molecule has 0 unspecified atom stereocenters. The zero-order valence-electron chi connectivity index (χ0n) is 32.5. The molecule has 298 valence electrons. The average molecular weight is 755 g/mol. The van der Waals surface area contributed by atoms with Crippen molar-refractivity contribution in [3.63, 3.8) is 0 Å². The van der Waals surface area contributed by atoms with Gasteiger partial charge in [0.2, 0.25) is 0 Å². The summed E-state index contributed by atoms with van der Waals surface area (Å²) in [6.07, 6.45) is 12.0. The van der Waals surface area contributed by atoms with Gasteiger partial charge in [-0.2, -0.15) is 0 Å². The van der Waals surface area contributed by atoms with Gasteiger partial charge in [-0.25, -0.2) is 9.59 Å². The topological polar surface area (TPSA) is 145 Å². The number of aliphatic hydroxyl groups excluding tert-OH is 1. The van der Waals surface area contributed by atoms with E-state index in [1.807, 2.05) is 30.3 Å². The zero-order chi connectivity index (χ0) is 39.3. The third-order valence-corrected chi connectivity index (χ3v) is 9.52. The monoisotopic (exact) mass is 754 g/mol. The molecule has 0 bridgehead atoms. The van der Waals surface area contributed by atoms with E-state index in [4.69, 9.17) is 37.9 Å². The number of carbonyl (C=O) groups is 3. The first kappa shape index (κ1) is 44.3. The van der Waals surface area contributed by atoms with E-state index < -0.39 is 24.1 Å². The largest absolute Gasteiger partial charge is 0.496 e. The van der Waals surface area contributed by atoms with Crippen molar-refractivity contribution in [1.29, 1.82) is 0 Å². The standard InChI is InChI=1S/C21H30O6.C21H28O6/c2*1-15-7-4-5-8-16-9-6-10-18(25-3)20(16)21(23)27-17(11-12-22)13-19(15)26-14-24-2/h4-6,9-10,15,17,19,22H,7-8,11-14H2,1-3H3;4-6,9-10,12,15,17,19H,7-8,11,13-14H2,1-3H3/b2*5-4+/t2*15-,17-,19+/m00/s1. The second-order valence-corrected chi connectivity index (χ2v) is 13.4. The van der Waals surface area contributed by atoms with Gasteiger partial charge >= 0.3 is 11.9 Å². The smallest absolute Gasteiger partial charge is 0.342 e. The minimum Gasteiger partial charge on any atom is -0.496 e. The van der Waals surface area contributed by atoms with E-state index >= 15 is 0 Å². The van der Waals surface area contributed by atoms with Crippen LogP contribution in [0.2, 0.25) is 0 Å². The highest BCUT2D eigenvalue weighted by molar-refractivity contribution is 5.95. The van der Waals surface area contributed by atoms with Crippen molar-refractivity contribution in [2.24, 2.45) is 11.8 Å². The maximum atomic E-state index is 12.9. The van der Waals surface area contributed by atoms with Crippen molar-refractivity contribution in [3.05, 3.63) is 83.0 Å². The van der Waals surface area contributed by atoms with Gasteiger partial charge in [0.15, 0.2) is 0 Å². The highest BCUT2D eigenvalue weighted by Crippen LogP contribution is 2.29. The molecule has 54 heavy (non-hydrogen) atoms. The van der Waals surface area contributed by atoms with Crippen LogP contribution in [0.4, 0.5) is 0 Å². The number of rotatable bonds is 12. The fourth-order valence-corrected chi connectivity index (χ4v) is 6.49. The molecule has 0 saturated heterocycles. The van der Waals surface area contributed by atoms with E-state index in [0.29, 0.717) is 54.7 Å². The molecule has 1 N–H and O–H groups in total. The minimum atomic E-state index is -0.569. The lowest BCUT2D eigenvalue weighted by Crippen LogP contribution is -2.31. The normalized spacial score (nSPS) is 24.8. The van der Waals surface area contributed by atoms with Crippen LogP contribution in [0.5, 0.6) is 11.5 Å². The summed E-state index contributed by atoms with van der Waals surface area (Å²) in [5.74, 6) is 0.447. The Balaban J connectivity index is 0.000000290. The lowest BCUT2D eigenvalue weighted by Gasteiger charge is -2.28. The van der Waals surface area contributed by atoms with Crippen LogP contribution in [0.25, 0.3) is 0 Å². The minimum absolute atomic E-state index is 0.0675. The number of esters is 2. The third kappa shape index (κ3) is 13.7. The van der Waals surface area contributed by atoms with E-state index in [1.54, 1.807) is 26.4 Å². The van der Waals surface area contributed by atoms with Crippen molar-refractivity contribution >= 4 is 18.2 Å². The van der Waals surface area contributed by atoms with Crippen LogP contribution in [0, 0.1) is 11.8 Å². The van der Waals surface area contributed by atoms with Crippen molar-refractivity contribution in [2.75, 3.05) is 48.6 Å². The molecule has 2 aliphatic heterocycles. The van der Waals surface area contributed by atoms with Gasteiger partial charge in [-0.3, -0.25) is 0 Å². The molecule has 0 amide bonds. The van der Waals surface area contributed by atoms with Crippen LogP contribution >= 0.6 is 0 Å². The summed E-state index contributed by atoms with van der Waals surface area (Å²) in [7, 11) is 6.20. The number of fused-ring (bicyclic) bond motifs is 2. The molecular formula is C42H58O12. The van der Waals surface area contributed by atoms with E-state index in [1.165, 1.54) is 14.2 Å². The van der Waals surface area contributed by atoms with Crippen LogP contribution in [0.1, 0.15) is 84.2 Å². The summed E-state index contributed by atoms with van der Waals surface area (Å²) in [6.45, 7) is 4.44.